The number of aromatic nitrogens is 3. The van der Waals surface area contributed by atoms with Crippen LogP contribution in [0.1, 0.15) is 32.1 Å². The molecule has 2 heterocycles. The van der Waals surface area contributed by atoms with Crippen LogP contribution < -0.4 is 10.9 Å². The average molecular weight is 376 g/mol. The average Bonchev–Trinajstić information content (AvgIpc) is 3.24. The molecule has 26 heavy (non-hydrogen) atoms. The summed E-state index contributed by atoms with van der Waals surface area (Å²) in [7, 11) is 0. The van der Waals surface area contributed by atoms with E-state index in [2.05, 4.69) is 20.9 Å². The van der Waals surface area contributed by atoms with Crippen molar-refractivity contribution in [2.24, 2.45) is 0 Å². The second-order valence-corrected chi connectivity index (χ2v) is 5.89. The maximum atomic E-state index is 13.0. The fourth-order valence-electron chi connectivity index (χ4n) is 2.39. The molecule has 1 aromatic carbocycles. The number of carbonyl (C=O) groups is 2. The summed E-state index contributed by atoms with van der Waals surface area (Å²) in [6.07, 6.45) is 1.59. The predicted molar refractivity (Wildman–Crippen MR) is 93.2 cm³/mol. The summed E-state index contributed by atoms with van der Waals surface area (Å²) < 4.78 is 14.4. The molecular formula is C17H15ClFN5O2. The normalized spacial score (nSPS) is 10.6. The van der Waals surface area contributed by atoms with Crippen molar-refractivity contribution in [1.29, 1.82) is 0 Å². The Morgan fingerprint density at radius 1 is 1.19 bits per heavy atom. The fourth-order valence-corrected chi connectivity index (χ4v) is 2.71. The zero-order chi connectivity index (χ0) is 18.7. The Morgan fingerprint density at radius 3 is 2.54 bits per heavy atom. The van der Waals surface area contributed by atoms with E-state index in [1.165, 1.54) is 16.8 Å². The summed E-state index contributed by atoms with van der Waals surface area (Å²) in [6.45, 7) is 1.91. The first-order chi connectivity index (χ1) is 12.5. The van der Waals surface area contributed by atoms with E-state index in [0.29, 0.717) is 11.4 Å². The number of hydrogen-bond donors (Lipinski definition) is 3. The number of aryl methyl sites for hydroxylation is 1. The van der Waals surface area contributed by atoms with Crippen molar-refractivity contribution in [2.75, 3.05) is 0 Å². The third-order valence-corrected chi connectivity index (χ3v) is 4.05. The Morgan fingerprint density at radius 2 is 1.88 bits per heavy atom. The smallest absolute Gasteiger partial charge is 0.286 e. The molecule has 7 nitrogen and oxygen atoms in total. The number of carbonyl (C=O) groups excluding carboxylic acids is 2. The minimum absolute atomic E-state index is 0.124. The standard InChI is InChI=1S/C17H15ClFN5O2/c1-10-14(17(26)22-21-16(25)13-3-2-8-20-13)15(18)24(23-10)9-11-4-6-12(19)7-5-11/h2-8,20H,9H2,1H3,(H,21,25)(H,22,26). The lowest BCUT2D eigenvalue weighted by atomic mass is 10.2. The molecule has 2 aromatic heterocycles. The molecule has 0 aliphatic carbocycles. The number of rotatable bonds is 4. The van der Waals surface area contributed by atoms with E-state index in [1.807, 2.05) is 0 Å². The maximum absolute atomic E-state index is 13.0. The Balaban J connectivity index is 1.71. The number of amides is 2. The van der Waals surface area contributed by atoms with Crippen LogP contribution in [0.3, 0.4) is 0 Å². The molecule has 3 aromatic rings. The molecule has 0 saturated carbocycles. The molecule has 134 valence electrons. The van der Waals surface area contributed by atoms with Crippen molar-refractivity contribution in [1.82, 2.24) is 25.6 Å². The van der Waals surface area contributed by atoms with E-state index in [-0.39, 0.29) is 23.1 Å². The Bertz CT molecular complexity index is 935. The van der Waals surface area contributed by atoms with Gasteiger partial charge in [0.2, 0.25) is 0 Å². The van der Waals surface area contributed by atoms with E-state index < -0.39 is 11.8 Å². The van der Waals surface area contributed by atoms with Crippen molar-refractivity contribution in [2.45, 2.75) is 13.5 Å². The van der Waals surface area contributed by atoms with Crippen LogP contribution in [0.2, 0.25) is 5.15 Å². The van der Waals surface area contributed by atoms with Crippen LogP contribution in [0.15, 0.2) is 42.6 Å². The fraction of sp³-hybridized carbons (Fsp3) is 0.118. The summed E-state index contributed by atoms with van der Waals surface area (Å²) in [5.41, 5.74) is 6.25. The lowest BCUT2D eigenvalue weighted by molar-refractivity contribution is 0.0844. The van der Waals surface area contributed by atoms with Gasteiger partial charge in [-0.05, 0) is 36.8 Å². The first kappa shape index (κ1) is 17.7. The highest BCUT2D eigenvalue weighted by Gasteiger charge is 2.21. The second kappa shape index (κ2) is 7.40. The summed E-state index contributed by atoms with van der Waals surface area (Å²) in [4.78, 5) is 26.9. The first-order valence-corrected chi connectivity index (χ1v) is 8.05. The Kier molecular flexibility index (Phi) is 5.04. The summed E-state index contributed by atoms with van der Waals surface area (Å²) in [5.74, 6) is -1.41. The lowest BCUT2D eigenvalue weighted by Gasteiger charge is -2.07. The van der Waals surface area contributed by atoms with Crippen LogP contribution >= 0.6 is 11.6 Å². The van der Waals surface area contributed by atoms with Crippen LogP contribution in [-0.4, -0.2) is 26.6 Å². The van der Waals surface area contributed by atoms with E-state index in [1.54, 1.807) is 37.4 Å². The van der Waals surface area contributed by atoms with Crippen molar-refractivity contribution in [3.63, 3.8) is 0 Å². The highest BCUT2D eigenvalue weighted by Crippen LogP contribution is 2.20. The van der Waals surface area contributed by atoms with E-state index >= 15 is 0 Å². The molecule has 0 atom stereocenters. The molecule has 0 unspecified atom stereocenters. The summed E-state index contributed by atoms with van der Waals surface area (Å²) in [5, 5.41) is 4.36. The molecule has 0 radical (unpaired) electrons. The number of nitrogens with zero attached hydrogens (tertiary/aromatic N) is 2. The molecule has 0 fully saturated rings. The molecule has 3 rings (SSSR count). The van der Waals surface area contributed by atoms with Gasteiger partial charge in [0.25, 0.3) is 11.8 Å². The minimum Gasteiger partial charge on any atom is -0.357 e. The Labute approximate surface area is 153 Å². The SMILES string of the molecule is Cc1nn(Cc2ccc(F)cc2)c(Cl)c1C(=O)NNC(=O)c1ccc[nH]1. The zero-order valence-electron chi connectivity index (χ0n) is 13.7. The van der Waals surface area contributed by atoms with Crippen molar-refractivity contribution >= 4 is 23.4 Å². The quantitative estimate of drug-likeness (QED) is 0.611. The monoisotopic (exact) mass is 375 g/mol. The number of nitrogens with one attached hydrogen (secondary N) is 3. The molecule has 0 saturated heterocycles. The molecule has 9 heteroatoms. The van der Waals surface area contributed by atoms with Gasteiger partial charge in [-0.3, -0.25) is 20.4 Å². The van der Waals surface area contributed by atoms with E-state index in [4.69, 9.17) is 11.6 Å². The van der Waals surface area contributed by atoms with Gasteiger partial charge in [-0.25, -0.2) is 9.07 Å². The summed E-state index contributed by atoms with van der Waals surface area (Å²) >= 11 is 6.27. The highest BCUT2D eigenvalue weighted by molar-refractivity contribution is 6.33. The number of benzene rings is 1. The zero-order valence-corrected chi connectivity index (χ0v) is 14.5. The van der Waals surface area contributed by atoms with Crippen LogP contribution in [0.4, 0.5) is 4.39 Å². The molecule has 0 bridgehead atoms. The number of aromatic amines is 1. The molecular weight excluding hydrogens is 361 g/mol. The van der Waals surface area contributed by atoms with Crippen molar-refractivity contribution < 1.29 is 14.0 Å². The van der Waals surface area contributed by atoms with Gasteiger partial charge in [-0.15, -0.1) is 0 Å². The van der Waals surface area contributed by atoms with Crippen LogP contribution in [0.25, 0.3) is 0 Å². The van der Waals surface area contributed by atoms with Gasteiger partial charge < -0.3 is 4.98 Å². The topological polar surface area (TPSA) is 91.8 Å². The lowest BCUT2D eigenvalue weighted by Crippen LogP contribution is -2.42. The van der Waals surface area contributed by atoms with Gasteiger partial charge in [0.05, 0.1) is 12.2 Å². The van der Waals surface area contributed by atoms with Gasteiger partial charge in [0.1, 0.15) is 22.2 Å². The molecule has 0 spiro atoms. The third-order valence-electron chi connectivity index (χ3n) is 3.67. The van der Waals surface area contributed by atoms with Gasteiger partial charge in [-0.1, -0.05) is 23.7 Å². The van der Waals surface area contributed by atoms with Crippen LogP contribution in [-0.2, 0) is 6.54 Å². The minimum atomic E-state index is -0.585. The molecule has 3 N–H and O–H groups in total. The van der Waals surface area contributed by atoms with Crippen LogP contribution in [0, 0.1) is 12.7 Å². The van der Waals surface area contributed by atoms with Crippen molar-refractivity contribution in [3.05, 3.63) is 76.1 Å². The first-order valence-electron chi connectivity index (χ1n) is 7.67. The third kappa shape index (κ3) is 3.75. The van der Waals surface area contributed by atoms with Crippen LogP contribution in [0.5, 0.6) is 0 Å². The largest absolute Gasteiger partial charge is 0.357 e. The number of halogens is 2. The molecule has 0 aliphatic rings. The predicted octanol–water partition coefficient (Wildman–Crippen LogP) is 2.44. The highest BCUT2D eigenvalue weighted by atomic mass is 35.5. The summed E-state index contributed by atoms with van der Waals surface area (Å²) in [6, 6.07) is 9.13. The number of hydrazine groups is 1. The maximum Gasteiger partial charge on any atom is 0.286 e. The second-order valence-electron chi connectivity index (χ2n) is 5.53. The van der Waals surface area contributed by atoms with Gasteiger partial charge in [-0.2, -0.15) is 5.10 Å². The Hall–Kier alpha value is -3.13. The number of hydrogen-bond acceptors (Lipinski definition) is 3. The number of H-pyrrole nitrogens is 1. The van der Waals surface area contributed by atoms with E-state index in [0.717, 1.165) is 5.56 Å². The van der Waals surface area contributed by atoms with Crippen molar-refractivity contribution in [3.8, 4) is 0 Å². The molecule has 2 amide bonds. The van der Waals surface area contributed by atoms with Gasteiger partial charge >= 0.3 is 0 Å². The molecule has 0 aliphatic heterocycles. The van der Waals surface area contributed by atoms with Gasteiger partial charge in [0, 0.05) is 6.20 Å². The van der Waals surface area contributed by atoms with E-state index in [9.17, 15) is 14.0 Å². The van der Waals surface area contributed by atoms with Gasteiger partial charge in [0.15, 0.2) is 0 Å².